The van der Waals surface area contributed by atoms with Gasteiger partial charge >= 0.3 is 0 Å². The minimum absolute atomic E-state index is 0.0691. The van der Waals surface area contributed by atoms with E-state index in [9.17, 15) is 0 Å². The Hall–Kier alpha value is -1.15. The Morgan fingerprint density at radius 2 is 1.75 bits per heavy atom. The van der Waals surface area contributed by atoms with Crippen LogP contribution < -0.4 is 0 Å². The first-order chi connectivity index (χ1) is 7.60. The van der Waals surface area contributed by atoms with Crippen molar-refractivity contribution in [2.24, 2.45) is 0 Å². The molecule has 2 heteroatoms. The molecular formula is C14H12BrN. The smallest absolute Gasteiger partial charge is 0.106 e. The second kappa shape index (κ2) is 3.17. The molecule has 0 N–H and O–H groups in total. The first-order valence-electron chi connectivity index (χ1n) is 5.37. The van der Waals surface area contributed by atoms with E-state index >= 15 is 0 Å². The highest BCUT2D eigenvalue weighted by molar-refractivity contribution is 9.10. The number of hydrogen-bond donors (Lipinski definition) is 0. The Labute approximate surface area is 104 Å². The summed E-state index contributed by atoms with van der Waals surface area (Å²) >= 11 is 3.44. The van der Waals surface area contributed by atoms with Gasteiger partial charge in [0.1, 0.15) is 4.60 Å². The van der Waals surface area contributed by atoms with Gasteiger partial charge in [-0.15, -0.1) is 0 Å². The number of rotatable bonds is 0. The van der Waals surface area contributed by atoms with Gasteiger partial charge in [-0.25, -0.2) is 4.98 Å². The lowest BCUT2D eigenvalue weighted by molar-refractivity contribution is 0.659. The fourth-order valence-corrected chi connectivity index (χ4v) is 2.83. The van der Waals surface area contributed by atoms with Gasteiger partial charge in [0.25, 0.3) is 0 Å². The zero-order chi connectivity index (χ0) is 11.3. The van der Waals surface area contributed by atoms with Crippen molar-refractivity contribution in [1.29, 1.82) is 0 Å². The van der Waals surface area contributed by atoms with Gasteiger partial charge in [0, 0.05) is 11.0 Å². The summed E-state index contributed by atoms with van der Waals surface area (Å²) in [6.45, 7) is 4.51. The largest absolute Gasteiger partial charge is 0.241 e. The van der Waals surface area contributed by atoms with Crippen molar-refractivity contribution in [2.75, 3.05) is 0 Å². The van der Waals surface area contributed by atoms with Crippen molar-refractivity contribution in [3.8, 4) is 11.3 Å². The van der Waals surface area contributed by atoms with Crippen LogP contribution in [0.3, 0.4) is 0 Å². The Balaban J connectivity index is 2.40. The number of pyridine rings is 1. The topological polar surface area (TPSA) is 12.9 Å². The molecule has 1 heterocycles. The summed E-state index contributed by atoms with van der Waals surface area (Å²) in [6.07, 6.45) is 0. The highest BCUT2D eigenvalue weighted by Crippen LogP contribution is 2.47. The normalized spacial score (nSPS) is 15.7. The average Bonchev–Trinajstić information content (AvgIpc) is 2.49. The number of fused-ring (bicyclic) bond motifs is 3. The number of hydrogen-bond acceptors (Lipinski definition) is 1. The van der Waals surface area contributed by atoms with Crippen molar-refractivity contribution in [2.45, 2.75) is 19.3 Å². The molecule has 0 saturated carbocycles. The van der Waals surface area contributed by atoms with Crippen LogP contribution in [0.5, 0.6) is 0 Å². The van der Waals surface area contributed by atoms with Crippen molar-refractivity contribution < 1.29 is 0 Å². The summed E-state index contributed by atoms with van der Waals surface area (Å²) < 4.78 is 0.902. The summed E-state index contributed by atoms with van der Waals surface area (Å²) in [7, 11) is 0. The van der Waals surface area contributed by atoms with Gasteiger partial charge in [0.15, 0.2) is 0 Å². The summed E-state index contributed by atoms with van der Waals surface area (Å²) in [6, 6.07) is 12.7. The monoisotopic (exact) mass is 273 g/mol. The van der Waals surface area contributed by atoms with E-state index in [4.69, 9.17) is 0 Å². The van der Waals surface area contributed by atoms with Gasteiger partial charge in [-0.3, -0.25) is 0 Å². The molecule has 80 valence electrons. The number of halogens is 1. The quantitative estimate of drug-likeness (QED) is 0.657. The predicted molar refractivity (Wildman–Crippen MR) is 69.5 cm³/mol. The first-order valence-corrected chi connectivity index (χ1v) is 6.17. The molecule has 3 rings (SSSR count). The first kappa shape index (κ1) is 10.0. The van der Waals surface area contributed by atoms with E-state index in [1.807, 2.05) is 6.07 Å². The number of aromatic nitrogens is 1. The lowest BCUT2D eigenvalue weighted by Gasteiger charge is -2.20. The second-order valence-electron chi connectivity index (χ2n) is 4.70. The molecule has 0 unspecified atom stereocenters. The fourth-order valence-electron chi connectivity index (χ4n) is 2.52. The van der Waals surface area contributed by atoms with Crippen molar-refractivity contribution >= 4 is 15.9 Å². The van der Waals surface area contributed by atoms with Crippen LogP contribution in [-0.4, -0.2) is 4.98 Å². The lowest BCUT2D eigenvalue weighted by atomic mass is 9.83. The van der Waals surface area contributed by atoms with Crippen molar-refractivity contribution in [3.63, 3.8) is 0 Å². The van der Waals surface area contributed by atoms with Crippen LogP contribution in [0.25, 0.3) is 11.3 Å². The van der Waals surface area contributed by atoms with E-state index in [1.165, 1.54) is 16.7 Å². The molecule has 1 aromatic heterocycles. The molecule has 1 aliphatic rings. The molecule has 0 atom stereocenters. The fraction of sp³-hybridized carbons (Fsp3) is 0.214. The number of benzene rings is 1. The van der Waals surface area contributed by atoms with Crippen LogP contribution in [0.4, 0.5) is 0 Å². The molecule has 0 fully saturated rings. The van der Waals surface area contributed by atoms with Gasteiger partial charge < -0.3 is 0 Å². The van der Waals surface area contributed by atoms with Gasteiger partial charge in [-0.1, -0.05) is 44.2 Å². The summed E-state index contributed by atoms with van der Waals surface area (Å²) in [5.41, 5.74) is 5.14. The van der Waals surface area contributed by atoms with Crippen LogP contribution in [0.15, 0.2) is 41.0 Å². The molecule has 1 aliphatic carbocycles. The maximum Gasteiger partial charge on any atom is 0.106 e. The van der Waals surface area contributed by atoms with E-state index in [0.717, 1.165) is 10.3 Å². The molecule has 0 radical (unpaired) electrons. The third kappa shape index (κ3) is 1.20. The third-order valence-electron chi connectivity index (χ3n) is 3.39. The molecule has 1 aromatic carbocycles. The van der Waals surface area contributed by atoms with Gasteiger partial charge in [0.05, 0.1) is 5.69 Å². The maximum absolute atomic E-state index is 4.61. The van der Waals surface area contributed by atoms with E-state index in [1.54, 1.807) is 0 Å². The standard InChI is InChI=1S/C14H12BrN/c1-14(2)10-6-4-3-5-9(10)13-11(14)7-8-12(15)16-13/h3-8H,1-2H3. The van der Waals surface area contributed by atoms with Crippen LogP contribution in [0.2, 0.25) is 0 Å². The highest BCUT2D eigenvalue weighted by atomic mass is 79.9. The summed E-state index contributed by atoms with van der Waals surface area (Å²) in [5, 5.41) is 0. The van der Waals surface area contributed by atoms with Gasteiger partial charge in [-0.05, 0) is 33.1 Å². The van der Waals surface area contributed by atoms with E-state index < -0.39 is 0 Å². The Kier molecular flexibility index (Phi) is 1.99. The summed E-state index contributed by atoms with van der Waals surface area (Å²) in [5.74, 6) is 0. The second-order valence-corrected chi connectivity index (χ2v) is 5.51. The molecule has 0 amide bonds. The van der Waals surface area contributed by atoms with Crippen LogP contribution >= 0.6 is 15.9 Å². The Bertz CT molecular complexity index is 573. The van der Waals surface area contributed by atoms with Crippen LogP contribution in [0, 0.1) is 0 Å². The molecule has 1 nitrogen and oxygen atoms in total. The minimum atomic E-state index is 0.0691. The Morgan fingerprint density at radius 3 is 2.56 bits per heavy atom. The average molecular weight is 274 g/mol. The zero-order valence-corrected chi connectivity index (χ0v) is 10.9. The molecule has 0 spiro atoms. The lowest BCUT2D eigenvalue weighted by Crippen LogP contribution is -2.14. The van der Waals surface area contributed by atoms with Crippen LogP contribution in [0.1, 0.15) is 25.0 Å². The molecule has 0 bridgehead atoms. The number of nitrogens with zero attached hydrogens (tertiary/aromatic N) is 1. The maximum atomic E-state index is 4.61. The predicted octanol–water partition coefficient (Wildman–Crippen LogP) is 4.15. The Morgan fingerprint density at radius 1 is 1.00 bits per heavy atom. The molecular weight excluding hydrogens is 262 g/mol. The molecule has 0 aliphatic heterocycles. The minimum Gasteiger partial charge on any atom is -0.241 e. The van der Waals surface area contributed by atoms with E-state index in [-0.39, 0.29) is 5.41 Å². The molecule has 16 heavy (non-hydrogen) atoms. The van der Waals surface area contributed by atoms with Gasteiger partial charge in [-0.2, -0.15) is 0 Å². The van der Waals surface area contributed by atoms with Crippen molar-refractivity contribution in [3.05, 3.63) is 52.1 Å². The third-order valence-corrected chi connectivity index (χ3v) is 3.83. The molecule has 0 saturated heterocycles. The zero-order valence-electron chi connectivity index (χ0n) is 9.29. The van der Waals surface area contributed by atoms with Crippen molar-refractivity contribution in [1.82, 2.24) is 4.98 Å². The van der Waals surface area contributed by atoms with E-state index in [2.05, 4.69) is 65.1 Å². The van der Waals surface area contributed by atoms with Gasteiger partial charge in [0.2, 0.25) is 0 Å². The van der Waals surface area contributed by atoms with Crippen LogP contribution in [-0.2, 0) is 5.41 Å². The highest BCUT2D eigenvalue weighted by Gasteiger charge is 2.35. The summed E-state index contributed by atoms with van der Waals surface area (Å²) in [4.78, 5) is 4.61. The molecule has 2 aromatic rings. The SMILES string of the molecule is CC1(C)c2ccccc2-c2nc(Br)ccc21. The van der Waals surface area contributed by atoms with E-state index in [0.29, 0.717) is 0 Å².